The molecule has 0 aliphatic carbocycles. The summed E-state index contributed by atoms with van der Waals surface area (Å²) in [6.45, 7) is 0. The van der Waals surface area contributed by atoms with Gasteiger partial charge in [-0.2, -0.15) is 18.3 Å². The molecule has 0 saturated heterocycles. The highest BCUT2D eigenvalue weighted by Crippen LogP contribution is 2.30. The lowest BCUT2D eigenvalue weighted by Crippen LogP contribution is -2.04. The molecule has 0 radical (unpaired) electrons. The molecule has 1 N–H and O–H groups in total. The minimum atomic E-state index is -4.34. The van der Waals surface area contributed by atoms with Crippen molar-refractivity contribution in [3.8, 4) is 0 Å². The fourth-order valence-electron chi connectivity index (χ4n) is 1.94. The van der Waals surface area contributed by atoms with Crippen LogP contribution in [0.25, 0.3) is 11.0 Å². The van der Waals surface area contributed by atoms with Gasteiger partial charge in [-0.3, -0.25) is 4.68 Å². The Morgan fingerprint density at radius 1 is 1.10 bits per heavy atom. The van der Waals surface area contributed by atoms with E-state index in [1.165, 1.54) is 18.5 Å². The van der Waals surface area contributed by atoms with Crippen molar-refractivity contribution in [2.45, 2.75) is 6.18 Å². The number of nitrogens with zero attached hydrogens (tertiary/aromatic N) is 4. The number of nitrogens with one attached hydrogen (secondary N) is 1. The molecule has 8 heteroatoms. The summed E-state index contributed by atoms with van der Waals surface area (Å²) in [7, 11) is 1.75. The highest BCUT2D eigenvalue weighted by Gasteiger charge is 2.29. The van der Waals surface area contributed by atoms with E-state index in [9.17, 15) is 13.2 Å². The van der Waals surface area contributed by atoms with Crippen molar-refractivity contribution in [3.05, 3.63) is 42.4 Å². The fourth-order valence-corrected chi connectivity index (χ4v) is 1.94. The topological polar surface area (TPSA) is 55.6 Å². The fraction of sp³-hybridized carbons (Fsp3) is 0.154. The first-order valence-corrected chi connectivity index (χ1v) is 6.02. The predicted octanol–water partition coefficient (Wildman–Crippen LogP) is 3.13. The average Bonchev–Trinajstić information content (AvgIpc) is 2.82. The van der Waals surface area contributed by atoms with Crippen molar-refractivity contribution in [1.29, 1.82) is 0 Å². The monoisotopic (exact) mass is 293 g/mol. The van der Waals surface area contributed by atoms with Gasteiger partial charge >= 0.3 is 6.18 Å². The normalized spacial score (nSPS) is 11.8. The van der Waals surface area contributed by atoms with E-state index in [4.69, 9.17) is 0 Å². The summed E-state index contributed by atoms with van der Waals surface area (Å²) >= 11 is 0. The quantitative estimate of drug-likeness (QED) is 0.788. The van der Waals surface area contributed by atoms with E-state index in [1.807, 2.05) is 0 Å². The minimum Gasteiger partial charge on any atom is -0.340 e. The minimum absolute atomic E-state index is 0.493. The van der Waals surface area contributed by atoms with Crippen molar-refractivity contribution in [1.82, 2.24) is 19.7 Å². The zero-order chi connectivity index (χ0) is 15.0. The molecule has 0 aliphatic heterocycles. The summed E-state index contributed by atoms with van der Waals surface area (Å²) in [6, 6.07) is 4.74. The van der Waals surface area contributed by atoms with Crippen LogP contribution in [0.5, 0.6) is 0 Å². The van der Waals surface area contributed by atoms with Crippen LogP contribution >= 0.6 is 0 Å². The third kappa shape index (κ3) is 2.51. The van der Waals surface area contributed by atoms with Crippen molar-refractivity contribution >= 4 is 22.5 Å². The van der Waals surface area contributed by atoms with Gasteiger partial charge in [-0.25, -0.2) is 9.97 Å². The van der Waals surface area contributed by atoms with Gasteiger partial charge in [0.2, 0.25) is 0 Å². The summed E-state index contributed by atoms with van der Waals surface area (Å²) in [6.07, 6.45) is -1.37. The smallest absolute Gasteiger partial charge is 0.340 e. The van der Waals surface area contributed by atoms with Crippen molar-refractivity contribution in [2.75, 3.05) is 5.32 Å². The summed E-state index contributed by atoms with van der Waals surface area (Å²) in [5, 5.41) is 7.73. The molecule has 0 unspecified atom stereocenters. The number of aromatic nitrogens is 4. The first-order valence-electron chi connectivity index (χ1n) is 6.02. The number of anilines is 2. The van der Waals surface area contributed by atoms with Crippen molar-refractivity contribution in [2.24, 2.45) is 7.05 Å². The molecule has 21 heavy (non-hydrogen) atoms. The molecular weight excluding hydrogens is 283 g/mol. The van der Waals surface area contributed by atoms with E-state index in [-0.39, 0.29) is 0 Å². The van der Waals surface area contributed by atoms with E-state index in [1.54, 1.807) is 17.9 Å². The van der Waals surface area contributed by atoms with Gasteiger partial charge in [0.15, 0.2) is 5.65 Å². The van der Waals surface area contributed by atoms with E-state index < -0.39 is 11.7 Å². The summed E-state index contributed by atoms with van der Waals surface area (Å²) < 4.78 is 39.1. The van der Waals surface area contributed by atoms with Crippen molar-refractivity contribution < 1.29 is 13.2 Å². The largest absolute Gasteiger partial charge is 0.416 e. The number of rotatable bonds is 2. The summed E-state index contributed by atoms with van der Waals surface area (Å²) in [5.41, 5.74) is 0.452. The van der Waals surface area contributed by atoms with Gasteiger partial charge in [0.25, 0.3) is 0 Å². The third-order valence-electron chi connectivity index (χ3n) is 3.00. The van der Waals surface area contributed by atoms with Gasteiger partial charge < -0.3 is 5.32 Å². The second kappa shape index (κ2) is 4.72. The Morgan fingerprint density at radius 2 is 1.81 bits per heavy atom. The van der Waals surface area contributed by atoms with Gasteiger partial charge in [0.1, 0.15) is 12.1 Å². The van der Waals surface area contributed by atoms with E-state index in [0.717, 1.165) is 12.1 Å². The molecule has 2 aromatic heterocycles. The highest BCUT2D eigenvalue weighted by molar-refractivity contribution is 5.88. The lowest BCUT2D eigenvalue weighted by atomic mass is 10.2. The third-order valence-corrected chi connectivity index (χ3v) is 3.00. The molecule has 5 nitrogen and oxygen atoms in total. The number of aryl methyl sites for hydroxylation is 1. The van der Waals surface area contributed by atoms with Gasteiger partial charge in [0.05, 0.1) is 17.1 Å². The first-order chi connectivity index (χ1) is 9.95. The Labute approximate surface area is 117 Å². The van der Waals surface area contributed by atoms with E-state index >= 15 is 0 Å². The standard InChI is InChI=1S/C13H10F3N5/c1-21-12-10(6-19-21)11(17-7-18-12)20-9-4-2-8(3-5-9)13(14,15)16/h2-7H,1H3,(H,17,18,20). The molecule has 108 valence electrons. The summed E-state index contributed by atoms with van der Waals surface area (Å²) in [5.74, 6) is 0.493. The van der Waals surface area contributed by atoms with E-state index in [0.29, 0.717) is 22.5 Å². The lowest BCUT2D eigenvalue weighted by Gasteiger charge is -2.09. The van der Waals surface area contributed by atoms with Gasteiger partial charge in [0, 0.05) is 12.7 Å². The maximum atomic E-state index is 12.5. The molecular formula is C13H10F3N5. The molecule has 2 heterocycles. The number of alkyl halides is 3. The maximum Gasteiger partial charge on any atom is 0.416 e. The Balaban J connectivity index is 1.92. The second-order valence-corrected chi connectivity index (χ2v) is 4.43. The molecule has 0 atom stereocenters. The van der Waals surface area contributed by atoms with Crippen LogP contribution in [0.2, 0.25) is 0 Å². The number of hydrogen-bond acceptors (Lipinski definition) is 4. The maximum absolute atomic E-state index is 12.5. The number of halogens is 3. The lowest BCUT2D eigenvalue weighted by molar-refractivity contribution is -0.137. The zero-order valence-corrected chi connectivity index (χ0v) is 10.9. The average molecular weight is 293 g/mol. The van der Waals surface area contributed by atoms with Crippen LogP contribution in [-0.2, 0) is 13.2 Å². The Kier molecular flexibility index (Phi) is 3.00. The predicted molar refractivity (Wildman–Crippen MR) is 71.0 cm³/mol. The molecule has 0 amide bonds. The van der Waals surface area contributed by atoms with Crippen LogP contribution in [0.1, 0.15) is 5.56 Å². The number of benzene rings is 1. The molecule has 0 spiro atoms. The zero-order valence-electron chi connectivity index (χ0n) is 10.9. The van der Waals surface area contributed by atoms with E-state index in [2.05, 4.69) is 20.4 Å². The SMILES string of the molecule is Cn1ncc2c(Nc3ccc(C(F)(F)F)cc3)ncnc21. The molecule has 3 aromatic rings. The summed E-state index contributed by atoms with van der Waals surface area (Å²) in [4.78, 5) is 8.18. The Bertz CT molecular complexity index is 777. The van der Waals surface area contributed by atoms with Crippen LogP contribution in [-0.4, -0.2) is 19.7 Å². The van der Waals surface area contributed by atoms with Gasteiger partial charge in [-0.05, 0) is 24.3 Å². The molecule has 0 saturated carbocycles. The van der Waals surface area contributed by atoms with Crippen LogP contribution < -0.4 is 5.32 Å². The number of hydrogen-bond donors (Lipinski definition) is 1. The highest BCUT2D eigenvalue weighted by atomic mass is 19.4. The van der Waals surface area contributed by atoms with Crippen LogP contribution in [0.15, 0.2) is 36.8 Å². The molecule has 0 fully saturated rings. The molecule has 1 aromatic carbocycles. The molecule has 0 bridgehead atoms. The van der Waals surface area contributed by atoms with Crippen LogP contribution in [0.4, 0.5) is 24.7 Å². The second-order valence-electron chi connectivity index (χ2n) is 4.43. The van der Waals surface area contributed by atoms with Crippen LogP contribution in [0.3, 0.4) is 0 Å². The molecule has 3 rings (SSSR count). The van der Waals surface area contributed by atoms with Gasteiger partial charge in [-0.1, -0.05) is 0 Å². The van der Waals surface area contributed by atoms with Crippen LogP contribution in [0, 0.1) is 0 Å². The van der Waals surface area contributed by atoms with Crippen molar-refractivity contribution in [3.63, 3.8) is 0 Å². The number of fused-ring (bicyclic) bond motifs is 1. The molecule has 0 aliphatic rings. The Hall–Kier alpha value is -2.64. The Morgan fingerprint density at radius 3 is 2.48 bits per heavy atom. The first kappa shape index (κ1) is 13.3. The van der Waals surface area contributed by atoms with Gasteiger partial charge in [-0.15, -0.1) is 0 Å².